The third-order valence-corrected chi connectivity index (χ3v) is 8.02. The Hall–Kier alpha value is -2.97. The average molecular weight is 501 g/mol. The Bertz CT molecular complexity index is 1220. The van der Waals surface area contributed by atoms with E-state index in [4.69, 9.17) is 9.97 Å². The molecule has 0 amide bonds. The molecule has 1 fully saturated rings. The van der Waals surface area contributed by atoms with Crippen LogP contribution in [0, 0.1) is 11.8 Å². The number of anilines is 2. The summed E-state index contributed by atoms with van der Waals surface area (Å²) >= 11 is 0. The summed E-state index contributed by atoms with van der Waals surface area (Å²) in [6, 6.07) is 0. The van der Waals surface area contributed by atoms with Gasteiger partial charge in [0.2, 0.25) is 5.95 Å². The van der Waals surface area contributed by atoms with E-state index in [0.29, 0.717) is 60.6 Å². The van der Waals surface area contributed by atoms with Crippen LogP contribution in [0.15, 0.2) is 23.4 Å². The zero-order chi connectivity index (χ0) is 24.4. The normalized spacial score (nSPS) is 20.5. The van der Waals surface area contributed by atoms with Crippen LogP contribution in [-0.4, -0.2) is 61.7 Å². The molecule has 0 unspecified atom stereocenters. The van der Waals surface area contributed by atoms with Gasteiger partial charge in [0.1, 0.15) is 10.7 Å². The molecular weight excluding hydrogens is 474 g/mol. The van der Waals surface area contributed by atoms with Crippen molar-refractivity contribution < 1.29 is 17.7 Å². The second-order valence-corrected chi connectivity index (χ2v) is 10.4. The van der Waals surface area contributed by atoms with Gasteiger partial charge in [-0.15, -0.1) is 5.92 Å². The van der Waals surface area contributed by atoms with Crippen LogP contribution in [0.1, 0.15) is 49.7 Å². The molecule has 8 nitrogen and oxygen atoms in total. The number of hydrogen-bond donors (Lipinski definition) is 1. The first-order chi connectivity index (χ1) is 17.0. The van der Waals surface area contributed by atoms with E-state index in [9.17, 15) is 13.0 Å². The molecule has 35 heavy (non-hydrogen) atoms. The Labute approximate surface area is 205 Å². The van der Waals surface area contributed by atoms with E-state index in [1.165, 1.54) is 0 Å². The minimum absolute atomic E-state index is 0.121. The molecule has 11 heteroatoms. The van der Waals surface area contributed by atoms with E-state index in [-0.39, 0.29) is 6.61 Å². The van der Waals surface area contributed by atoms with Gasteiger partial charge in [-0.1, -0.05) is 12.0 Å². The van der Waals surface area contributed by atoms with Crippen LogP contribution in [0.3, 0.4) is 0 Å². The zero-order valence-corrected chi connectivity index (χ0v) is 20.2. The predicted molar refractivity (Wildman–Crippen MR) is 129 cm³/mol. The molecule has 0 spiro atoms. The van der Waals surface area contributed by atoms with Crippen LogP contribution in [0.5, 0.6) is 0 Å². The third-order valence-electron chi connectivity index (χ3n) is 6.56. The molecule has 0 radical (unpaired) electrons. The molecule has 4 heterocycles. The lowest BCUT2D eigenvalue weighted by Gasteiger charge is -2.43. The molecule has 0 bridgehead atoms. The van der Waals surface area contributed by atoms with Gasteiger partial charge in [0.25, 0.3) is 0 Å². The van der Waals surface area contributed by atoms with Crippen LogP contribution >= 0.6 is 0 Å². The SMILES string of the molecule is CC#Cc1cnc(C2=CCN(c3nc4c(c(NC5(COC(F)F)CCC5)n3)[S@@](=O)CC4)CC2)nc1. The van der Waals surface area contributed by atoms with Gasteiger partial charge in [-0.2, -0.15) is 13.8 Å². The van der Waals surface area contributed by atoms with E-state index >= 15 is 0 Å². The largest absolute Gasteiger partial charge is 0.361 e. The molecule has 5 rings (SSSR count). The molecule has 0 saturated heterocycles. The maximum Gasteiger partial charge on any atom is 0.345 e. The summed E-state index contributed by atoms with van der Waals surface area (Å²) in [6.45, 7) is 0.0750. The van der Waals surface area contributed by atoms with Crippen LogP contribution < -0.4 is 10.2 Å². The highest BCUT2D eigenvalue weighted by atomic mass is 32.2. The van der Waals surface area contributed by atoms with Crippen molar-refractivity contribution in [2.75, 3.05) is 35.7 Å². The van der Waals surface area contributed by atoms with Gasteiger partial charge in [-0.3, -0.25) is 4.21 Å². The maximum absolute atomic E-state index is 12.7. The summed E-state index contributed by atoms with van der Waals surface area (Å²) in [5.41, 5.74) is 1.96. The van der Waals surface area contributed by atoms with Crippen molar-refractivity contribution >= 4 is 28.1 Å². The van der Waals surface area contributed by atoms with Gasteiger partial charge in [0.15, 0.2) is 5.82 Å². The summed E-state index contributed by atoms with van der Waals surface area (Å²) in [6.07, 6.45) is 9.14. The van der Waals surface area contributed by atoms with E-state index in [0.717, 1.165) is 29.7 Å². The lowest BCUT2D eigenvalue weighted by atomic mass is 9.77. The van der Waals surface area contributed by atoms with Crippen molar-refractivity contribution in [3.05, 3.63) is 35.6 Å². The average Bonchev–Trinajstić information content (AvgIpc) is 3.22. The number of aryl methyl sites for hydroxylation is 1. The van der Waals surface area contributed by atoms with Crippen LogP contribution in [0.25, 0.3) is 5.57 Å². The number of alkyl halides is 2. The number of nitrogens with zero attached hydrogens (tertiary/aromatic N) is 5. The Morgan fingerprint density at radius 3 is 2.69 bits per heavy atom. The number of hydrogen-bond acceptors (Lipinski definition) is 8. The first-order valence-electron chi connectivity index (χ1n) is 11.6. The van der Waals surface area contributed by atoms with Crippen molar-refractivity contribution in [3.8, 4) is 11.8 Å². The van der Waals surface area contributed by atoms with Gasteiger partial charge in [-0.05, 0) is 38.2 Å². The van der Waals surface area contributed by atoms with Gasteiger partial charge >= 0.3 is 6.61 Å². The van der Waals surface area contributed by atoms with Crippen LogP contribution in [-0.2, 0) is 22.0 Å². The Morgan fingerprint density at radius 1 is 1.26 bits per heavy atom. The molecule has 2 aliphatic heterocycles. The van der Waals surface area contributed by atoms with Gasteiger partial charge in [0, 0.05) is 37.7 Å². The number of nitrogens with one attached hydrogen (secondary N) is 1. The summed E-state index contributed by atoms with van der Waals surface area (Å²) in [4.78, 5) is 21.0. The molecule has 2 aromatic heterocycles. The minimum atomic E-state index is -2.83. The molecular formula is C24H26F2N6O2S. The van der Waals surface area contributed by atoms with E-state index in [1.807, 2.05) is 0 Å². The lowest BCUT2D eigenvalue weighted by Crippen LogP contribution is -2.50. The summed E-state index contributed by atoms with van der Waals surface area (Å²) in [7, 11) is -1.22. The fourth-order valence-electron chi connectivity index (χ4n) is 4.55. The summed E-state index contributed by atoms with van der Waals surface area (Å²) in [5.74, 6) is 7.97. The van der Waals surface area contributed by atoms with Crippen molar-refractivity contribution in [1.82, 2.24) is 19.9 Å². The van der Waals surface area contributed by atoms with Crippen molar-refractivity contribution in [2.45, 2.75) is 56.1 Å². The van der Waals surface area contributed by atoms with E-state index in [1.54, 1.807) is 19.3 Å². The molecule has 2 aromatic rings. The molecule has 1 saturated carbocycles. The number of halogens is 2. The monoisotopic (exact) mass is 500 g/mol. The second-order valence-electron chi connectivity index (χ2n) is 8.87. The highest BCUT2D eigenvalue weighted by Crippen LogP contribution is 2.39. The van der Waals surface area contributed by atoms with Crippen molar-refractivity contribution in [1.29, 1.82) is 0 Å². The van der Waals surface area contributed by atoms with E-state index in [2.05, 4.69) is 42.8 Å². The Morgan fingerprint density at radius 2 is 2.06 bits per heavy atom. The Balaban J connectivity index is 1.37. The Kier molecular flexibility index (Phi) is 6.75. The second kappa shape index (κ2) is 9.95. The fourth-order valence-corrected chi connectivity index (χ4v) is 5.86. The lowest BCUT2D eigenvalue weighted by molar-refractivity contribution is -0.145. The number of rotatable bonds is 7. The van der Waals surface area contributed by atoms with Gasteiger partial charge in [-0.25, -0.2) is 15.0 Å². The number of fused-ring (bicyclic) bond motifs is 1. The number of aromatic nitrogens is 4. The highest BCUT2D eigenvalue weighted by Gasteiger charge is 2.40. The standard InChI is InChI=1S/C24H26F2N6O2S/c1-2-4-16-13-27-20(28-14-16)17-5-10-32(11-6-17)23-29-18-7-12-35(33)19(18)21(30-23)31-24(8-3-9-24)15-34-22(25)26/h5,13-14,22H,3,6-12,15H2,1H3,(H,29,30,31)/t35-/m0/s1. The highest BCUT2D eigenvalue weighted by molar-refractivity contribution is 7.85. The first kappa shape index (κ1) is 23.8. The summed E-state index contributed by atoms with van der Waals surface area (Å²) < 4.78 is 42.7. The molecule has 0 aromatic carbocycles. The van der Waals surface area contributed by atoms with Crippen LogP contribution in [0.4, 0.5) is 20.5 Å². The minimum Gasteiger partial charge on any atom is -0.361 e. The quantitative estimate of drug-likeness (QED) is 0.580. The first-order valence-corrected chi connectivity index (χ1v) is 12.9. The fraction of sp³-hybridized carbons (Fsp3) is 0.500. The molecule has 1 N–H and O–H groups in total. The third kappa shape index (κ3) is 5.04. The van der Waals surface area contributed by atoms with Crippen molar-refractivity contribution in [3.63, 3.8) is 0 Å². The molecule has 3 aliphatic rings. The zero-order valence-electron chi connectivity index (χ0n) is 19.4. The topological polar surface area (TPSA) is 93.1 Å². The van der Waals surface area contributed by atoms with E-state index < -0.39 is 22.9 Å². The van der Waals surface area contributed by atoms with Crippen molar-refractivity contribution in [2.24, 2.45) is 0 Å². The summed E-state index contributed by atoms with van der Waals surface area (Å²) in [5, 5.41) is 3.33. The van der Waals surface area contributed by atoms with Gasteiger partial charge in [0.05, 0.1) is 34.2 Å². The van der Waals surface area contributed by atoms with Gasteiger partial charge < -0.3 is 15.0 Å². The maximum atomic E-state index is 12.7. The predicted octanol–water partition coefficient (Wildman–Crippen LogP) is 3.17. The molecule has 1 aliphatic carbocycles. The number of ether oxygens (including phenoxy) is 1. The smallest absolute Gasteiger partial charge is 0.345 e. The van der Waals surface area contributed by atoms with Crippen LogP contribution in [0.2, 0.25) is 0 Å². The molecule has 1 atom stereocenters. The molecule has 184 valence electrons.